The first-order valence-corrected chi connectivity index (χ1v) is 12.2. The minimum absolute atomic E-state index is 0.0527. The Morgan fingerprint density at radius 3 is 2.65 bits per heavy atom. The number of methoxy groups -OCH3 is 2. The van der Waals surface area contributed by atoms with Crippen molar-refractivity contribution in [2.75, 3.05) is 26.1 Å². The zero-order valence-electron chi connectivity index (χ0n) is 20.5. The molecule has 3 aromatic carbocycles. The Bertz CT molecular complexity index is 1550. The van der Waals surface area contributed by atoms with Crippen LogP contribution in [0.3, 0.4) is 0 Å². The number of amides is 1. The molecule has 2 aliphatic rings. The molecule has 1 saturated heterocycles. The third kappa shape index (κ3) is 3.39. The van der Waals surface area contributed by atoms with Crippen LogP contribution in [-0.2, 0) is 21.4 Å². The van der Waals surface area contributed by atoms with Crippen molar-refractivity contribution in [2.24, 2.45) is 0 Å². The van der Waals surface area contributed by atoms with Crippen molar-refractivity contribution in [1.29, 1.82) is 0 Å². The van der Waals surface area contributed by atoms with Crippen LogP contribution >= 0.6 is 0 Å². The number of H-pyrrole nitrogens is 1. The molecule has 0 unspecified atom stereocenters. The zero-order valence-corrected chi connectivity index (χ0v) is 20.5. The summed E-state index contributed by atoms with van der Waals surface area (Å²) in [4.78, 5) is 31.7. The normalized spacial score (nSPS) is 19.9. The van der Waals surface area contributed by atoms with Crippen molar-refractivity contribution in [3.8, 4) is 5.75 Å². The van der Waals surface area contributed by atoms with Gasteiger partial charge in [-0.2, -0.15) is 0 Å². The van der Waals surface area contributed by atoms with E-state index in [-0.39, 0.29) is 12.3 Å². The minimum Gasteiger partial charge on any atom is -0.497 e. The molecule has 7 nitrogen and oxygen atoms in total. The summed E-state index contributed by atoms with van der Waals surface area (Å²) in [6.07, 6.45) is 0.0413. The van der Waals surface area contributed by atoms with Crippen LogP contribution in [-0.4, -0.2) is 48.7 Å². The molecule has 0 saturated carbocycles. The molecule has 2 aliphatic heterocycles. The van der Waals surface area contributed by atoms with Gasteiger partial charge in [0.15, 0.2) is 0 Å². The number of para-hydroxylation sites is 1. The van der Waals surface area contributed by atoms with E-state index >= 15 is 0 Å². The second kappa shape index (κ2) is 8.65. The maximum atomic E-state index is 14.4. The van der Waals surface area contributed by atoms with Gasteiger partial charge in [-0.25, -0.2) is 9.18 Å². The predicted molar refractivity (Wildman–Crippen MR) is 137 cm³/mol. The number of aromatic nitrogens is 1. The predicted octanol–water partition coefficient (Wildman–Crippen LogP) is 4.61. The molecule has 2 N–H and O–H groups in total. The molecule has 1 amide bonds. The number of carbonyl (C=O) groups is 2. The molecule has 0 aliphatic carbocycles. The third-order valence-electron chi connectivity index (χ3n) is 7.69. The maximum absolute atomic E-state index is 14.4. The molecule has 1 aromatic heterocycles. The van der Waals surface area contributed by atoms with Gasteiger partial charge in [0.1, 0.15) is 23.4 Å². The quantitative estimate of drug-likeness (QED) is 0.392. The lowest BCUT2D eigenvalue weighted by molar-refractivity contribution is -0.131. The number of likely N-dealkylation sites (tertiary alicyclic amines) is 1. The fourth-order valence-corrected chi connectivity index (χ4v) is 6.04. The molecule has 6 rings (SSSR count). The number of esters is 1. The molecule has 0 spiro atoms. The van der Waals surface area contributed by atoms with E-state index in [0.29, 0.717) is 30.0 Å². The van der Waals surface area contributed by atoms with E-state index in [1.165, 1.54) is 13.2 Å². The van der Waals surface area contributed by atoms with Gasteiger partial charge in [-0.3, -0.25) is 4.79 Å². The molecular formula is C29H26FN3O4. The summed E-state index contributed by atoms with van der Waals surface area (Å²) in [6.45, 7) is 0.441. The maximum Gasteiger partial charge on any atom is 0.354 e. The van der Waals surface area contributed by atoms with Gasteiger partial charge < -0.3 is 24.7 Å². The van der Waals surface area contributed by atoms with E-state index in [0.717, 1.165) is 27.7 Å². The van der Waals surface area contributed by atoms with Crippen LogP contribution in [0.2, 0.25) is 0 Å². The van der Waals surface area contributed by atoms with Gasteiger partial charge in [0.2, 0.25) is 5.91 Å². The molecule has 2 atom stereocenters. The number of benzene rings is 3. The van der Waals surface area contributed by atoms with E-state index in [4.69, 9.17) is 9.47 Å². The number of aromatic amines is 1. The average molecular weight is 500 g/mol. The van der Waals surface area contributed by atoms with Gasteiger partial charge in [-0.15, -0.1) is 0 Å². The number of rotatable bonds is 5. The highest BCUT2D eigenvalue weighted by Gasteiger charge is 2.58. The highest BCUT2D eigenvalue weighted by atomic mass is 19.1. The minimum atomic E-state index is -0.740. The molecule has 37 heavy (non-hydrogen) atoms. The Kier molecular flexibility index (Phi) is 5.40. The summed E-state index contributed by atoms with van der Waals surface area (Å²) < 4.78 is 25.1. The van der Waals surface area contributed by atoms with Crippen LogP contribution in [0.25, 0.3) is 10.9 Å². The van der Waals surface area contributed by atoms with Gasteiger partial charge >= 0.3 is 5.97 Å². The van der Waals surface area contributed by atoms with Crippen molar-refractivity contribution < 1.29 is 23.5 Å². The highest BCUT2D eigenvalue weighted by molar-refractivity contribution is 6.01. The largest absolute Gasteiger partial charge is 0.497 e. The summed E-state index contributed by atoms with van der Waals surface area (Å²) in [5.74, 6) is -0.421. The number of carbonyl (C=O) groups excluding carboxylic acids is 2. The van der Waals surface area contributed by atoms with Crippen molar-refractivity contribution in [2.45, 2.75) is 24.4 Å². The summed E-state index contributed by atoms with van der Waals surface area (Å²) in [6, 6.07) is 19.9. The van der Waals surface area contributed by atoms with Gasteiger partial charge in [-0.05, 0) is 47.9 Å². The van der Waals surface area contributed by atoms with Crippen LogP contribution in [0, 0.1) is 5.82 Å². The lowest BCUT2D eigenvalue weighted by Gasteiger charge is -2.33. The first kappa shape index (κ1) is 23.1. The third-order valence-corrected chi connectivity index (χ3v) is 7.69. The SMILES string of the molecule is COC(=O)c1[nH]c2ccc(OC)cc2c1[C@]12CCN(C(=O)Cc3ccccc3F)[C@H]1Nc1ccccc12. The zero-order chi connectivity index (χ0) is 25.7. The Morgan fingerprint density at radius 1 is 1.08 bits per heavy atom. The summed E-state index contributed by atoms with van der Waals surface area (Å²) >= 11 is 0. The average Bonchev–Trinajstić information content (AvgIpc) is 3.57. The molecule has 1 fully saturated rings. The molecule has 4 aromatic rings. The molecule has 8 heteroatoms. The number of fused-ring (bicyclic) bond motifs is 4. The van der Waals surface area contributed by atoms with Gasteiger partial charge in [0.25, 0.3) is 0 Å². The first-order chi connectivity index (χ1) is 18.0. The number of ether oxygens (including phenoxy) is 2. The van der Waals surface area contributed by atoms with Crippen molar-refractivity contribution >= 4 is 28.5 Å². The molecular weight excluding hydrogens is 473 g/mol. The van der Waals surface area contributed by atoms with Crippen LogP contribution in [0.5, 0.6) is 5.75 Å². The lowest BCUT2D eigenvalue weighted by Crippen LogP contribution is -2.47. The van der Waals surface area contributed by atoms with E-state index in [9.17, 15) is 14.0 Å². The fraction of sp³-hybridized carbons (Fsp3) is 0.241. The smallest absolute Gasteiger partial charge is 0.354 e. The monoisotopic (exact) mass is 499 g/mol. The van der Waals surface area contributed by atoms with Gasteiger partial charge in [0, 0.05) is 28.7 Å². The first-order valence-electron chi connectivity index (χ1n) is 12.2. The molecule has 188 valence electrons. The van der Waals surface area contributed by atoms with Crippen LogP contribution in [0.15, 0.2) is 66.7 Å². The number of anilines is 1. The summed E-state index contributed by atoms with van der Waals surface area (Å²) in [7, 11) is 2.95. The second-order valence-electron chi connectivity index (χ2n) is 9.45. The Balaban J connectivity index is 1.54. The van der Waals surface area contributed by atoms with Gasteiger partial charge in [0.05, 0.1) is 26.1 Å². The van der Waals surface area contributed by atoms with Crippen molar-refractivity contribution in [1.82, 2.24) is 9.88 Å². The van der Waals surface area contributed by atoms with Crippen LogP contribution in [0.4, 0.5) is 10.1 Å². The number of nitrogens with one attached hydrogen (secondary N) is 2. The Labute approximate surface area is 213 Å². The summed E-state index contributed by atoms with van der Waals surface area (Å²) in [5.41, 5.74) is 3.38. The number of nitrogens with zero attached hydrogens (tertiary/aromatic N) is 1. The standard InChI is InChI=1S/C29H26FN3O4/c1-36-18-11-12-22-19(16-18)25(26(31-22)27(35)37-2)29-13-14-33(24(34)15-17-7-3-5-9-21(17)30)28(29)32-23-10-6-4-8-20(23)29/h3-12,16,28,31-32H,13-15H2,1-2H3/t28-,29-/m1/s1. The van der Waals surface area contributed by atoms with Gasteiger partial charge in [-0.1, -0.05) is 36.4 Å². The van der Waals surface area contributed by atoms with E-state index < -0.39 is 23.4 Å². The molecule has 0 radical (unpaired) electrons. The topological polar surface area (TPSA) is 83.7 Å². The number of hydrogen-bond acceptors (Lipinski definition) is 5. The number of hydrogen-bond donors (Lipinski definition) is 2. The Morgan fingerprint density at radius 2 is 1.86 bits per heavy atom. The van der Waals surface area contributed by atoms with Crippen LogP contribution in [0.1, 0.15) is 33.6 Å². The van der Waals surface area contributed by atoms with E-state index in [1.54, 1.807) is 30.2 Å². The molecule has 3 heterocycles. The van der Waals surface area contributed by atoms with E-state index in [1.807, 2.05) is 42.5 Å². The number of halogens is 1. The summed E-state index contributed by atoms with van der Waals surface area (Å²) in [5, 5.41) is 4.37. The second-order valence-corrected chi connectivity index (χ2v) is 9.45. The Hall–Kier alpha value is -4.33. The highest BCUT2D eigenvalue weighted by Crippen LogP contribution is 2.55. The van der Waals surface area contributed by atoms with Crippen molar-refractivity contribution in [3.05, 3.63) is 94.9 Å². The van der Waals surface area contributed by atoms with Crippen LogP contribution < -0.4 is 10.1 Å². The molecule has 0 bridgehead atoms. The van der Waals surface area contributed by atoms with E-state index in [2.05, 4.69) is 10.3 Å². The lowest BCUT2D eigenvalue weighted by atomic mass is 9.72. The van der Waals surface area contributed by atoms with Crippen molar-refractivity contribution in [3.63, 3.8) is 0 Å². The fourth-order valence-electron chi connectivity index (χ4n) is 6.04.